The highest BCUT2D eigenvalue weighted by molar-refractivity contribution is 4.91. The van der Waals surface area contributed by atoms with Crippen LogP contribution in [0.15, 0.2) is 0 Å². The van der Waals surface area contributed by atoms with Crippen LogP contribution in [0.25, 0.3) is 0 Å². The fourth-order valence-electron chi connectivity index (χ4n) is 5.48. The van der Waals surface area contributed by atoms with Crippen molar-refractivity contribution in [1.29, 1.82) is 0 Å². The quantitative estimate of drug-likeness (QED) is 0.0631. The van der Waals surface area contributed by atoms with Crippen molar-refractivity contribution in [2.24, 2.45) is 0 Å². The second-order valence-corrected chi connectivity index (χ2v) is 16.3. The number of rotatable bonds is 72. The van der Waals surface area contributed by atoms with Crippen molar-refractivity contribution in [3.63, 3.8) is 0 Å². The van der Waals surface area contributed by atoms with Crippen LogP contribution in [0, 0.1) is 0 Å². The first kappa shape index (κ1) is 80.5. The van der Waals surface area contributed by atoms with Crippen molar-refractivity contribution in [1.82, 2.24) is 0 Å². The van der Waals surface area contributed by atoms with Crippen LogP contribution in [0.5, 0.6) is 0 Å². The number of hydrogen-bond acceptors (Lipinski definition) is 24. The van der Waals surface area contributed by atoms with E-state index in [1.165, 1.54) is 0 Å². The van der Waals surface area contributed by atoms with Gasteiger partial charge >= 0.3 is 18.0 Å². The SMILES string of the molecule is COCCOCCOCCOCCOCCOCCOCCOCCOCCOCCOCCOCCOCCOCCOCCOCCOCCOCCOCCOCCOCCOCCOCCOCC(F)(F)C(F)(F)C(F)(F)F. The first-order valence-electron chi connectivity index (χ1n) is 27.7. The van der Waals surface area contributed by atoms with Crippen molar-refractivity contribution in [2.75, 3.05) is 318 Å². The van der Waals surface area contributed by atoms with E-state index >= 15 is 0 Å². The van der Waals surface area contributed by atoms with Crippen LogP contribution in [0.4, 0.5) is 30.7 Å². The van der Waals surface area contributed by atoms with Gasteiger partial charge in [-0.15, -0.1) is 0 Å². The minimum absolute atomic E-state index is 0.0177. The Morgan fingerprint density at radius 2 is 0.280 bits per heavy atom. The Morgan fingerprint density at radius 1 is 0.171 bits per heavy atom. The van der Waals surface area contributed by atoms with E-state index in [0.717, 1.165) is 0 Å². The molecule has 0 aromatic heterocycles. The summed E-state index contributed by atoms with van der Waals surface area (Å²) in [5.41, 5.74) is 0. The maximum atomic E-state index is 13.1. The lowest BCUT2D eigenvalue weighted by atomic mass is 10.2. The minimum atomic E-state index is -6.40. The summed E-state index contributed by atoms with van der Waals surface area (Å²) in [6.07, 6.45) is -6.40. The lowest BCUT2D eigenvalue weighted by Crippen LogP contribution is -2.54. The second-order valence-electron chi connectivity index (χ2n) is 16.3. The van der Waals surface area contributed by atoms with Crippen LogP contribution in [0.3, 0.4) is 0 Å². The molecule has 0 aliphatic carbocycles. The highest BCUT2D eigenvalue weighted by atomic mass is 19.4. The predicted molar refractivity (Wildman–Crippen MR) is 277 cm³/mol. The van der Waals surface area contributed by atoms with E-state index in [0.29, 0.717) is 264 Å². The molecule has 0 unspecified atom stereocenters. The molecule has 0 amide bonds. The van der Waals surface area contributed by atoms with Gasteiger partial charge in [-0.05, 0) is 0 Å². The molecule has 24 nitrogen and oxygen atoms in total. The summed E-state index contributed by atoms with van der Waals surface area (Å²) in [7, 11) is 1.64. The molecule has 0 aliphatic rings. The Hall–Kier alpha value is -1.45. The van der Waals surface area contributed by atoms with Gasteiger partial charge in [0.05, 0.1) is 304 Å². The zero-order valence-corrected chi connectivity index (χ0v) is 48.2. The molecule has 0 aliphatic heterocycles. The van der Waals surface area contributed by atoms with Crippen molar-refractivity contribution >= 4 is 0 Å². The number of methoxy groups -OCH3 is 1. The zero-order valence-electron chi connectivity index (χ0n) is 48.2. The van der Waals surface area contributed by atoms with Gasteiger partial charge < -0.3 is 114 Å². The van der Waals surface area contributed by atoms with Crippen molar-refractivity contribution in [3.05, 3.63) is 0 Å². The molecule has 0 fully saturated rings. The monoisotopic (exact) mass is 1230 g/mol. The molecule has 0 bridgehead atoms. The Bertz CT molecular complexity index is 1240. The maximum absolute atomic E-state index is 13.1. The average molecular weight is 1230 g/mol. The molecule has 0 aromatic rings. The second kappa shape index (κ2) is 64.0. The Morgan fingerprint density at radius 3 is 0.390 bits per heavy atom. The van der Waals surface area contributed by atoms with Crippen molar-refractivity contribution in [3.8, 4) is 0 Å². The molecule has 0 N–H and O–H groups in total. The first-order chi connectivity index (χ1) is 40.1. The number of alkyl halides is 7. The summed E-state index contributed by atoms with van der Waals surface area (Å²) in [6.45, 7) is 16.1. The van der Waals surface area contributed by atoms with Crippen molar-refractivity contribution in [2.45, 2.75) is 18.0 Å². The van der Waals surface area contributed by atoms with Crippen LogP contribution in [0.1, 0.15) is 0 Å². The van der Waals surface area contributed by atoms with Gasteiger partial charge in [-0.1, -0.05) is 0 Å². The summed E-state index contributed by atoms with van der Waals surface area (Å²) < 4.78 is 217. The third kappa shape index (κ3) is 58.9. The fraction of sp³-hybridized carbons (Fsp3) is 1.00. The summed E-state index contributed by atoms with van der Waals surface area (Å²) in [4.78, 5) is 0. The number of ether oxygens (including phenoxy) is 24. The van der Waals surface area contributed by atoms with E-state index in [9.17, 15) is 30.7 Å². The van der Waals surface area contributed by atoms with E-state index < -0.39 is 31.2 Å². The third-order valence-electron chi connectivity index (χ3n) is 9.71. The molecule has 0 spiro atoms. The average Bonchev–Trinajstić information content (AvgIpc) is 3.62. The topological polar surface area (TPSA) is 222 Å². The molecule has 0 saturated heterocycles. The minimum Gasteiger partial charge on any atom is -0.382 e. The molecule has 0 heterocycles. The number of hydrogen-bond donors (Lipinski definition) is 0. The summed E-state index contributed by atoms with van der Waals surface area (Å²) in [5, 5.41) is 0. The van der Waals surface area contributed by atoms with Crippen LogP contribution in [-0.4, -0.2) is 336 Å². The standard InChI is InChI=1S/C51H97F7O24/c1-59-2-3-60-4-5-61-6-7-62-8-9-63-10-11-64-12-13-65-14-15-66-16-17-67-18-19-68-20-21-69-22-23-70-24-25-71-26-27-72-28-29-73-30-31-74-32-33-75-34-35-76-36-37-77-38-39-78-40-41-79-42-43-80-44-45-81-46-47-82-48-49(52,53)50(54,55)51(56,57)58/h2-48H2,1H3. The van der Waals surface area contributed by atoms with Gasteiger partial charge in [-0.3, -0.25) is 0 Å². The molecule has 82 heavy (non-hydrogen) atoms. The highest BCUT2D eigenvalue weighted by Gasteiger charge is 2.73. The van der Waals surface area contributed by atoms with Gasteiger partial charge in [0, 0.05) is 7.11 Å². The summed E-state index contributed by atoms with van der Waals surface area (Å²) in [5.74, 6) is -11.6. The maximum Gasteiger partial charge on any atom is 0.459 e. The third-order valence-corrected chi connectivity index (χ3v) is 9.71. The molecular formula is C51H97F7O24. The Labute approximate surface area is 479 Å². The van der Waals surface area contributed by atoms with Gasteiger partial charge in [-0.2, -0.15) is 30.7 Å². The normalized spacial score (nSPS) is 12.4. The van der Waals surface area contributed by atoms with Crippen LogP contribution < -0.4 is 0 Å². The fourth-order valence-corrected chi connectivity index (χ4v) is 5.48. The zero-order chi connectivity index (χ0) is 59.7. The Kier molecular flexibility index (Phi) is 62.9. The molecule has 494 valence electrons. The van der Waals surface area contributed by atoms with E-state index in [4.69, 9.17) is 109 Å². The van der Waals surface area contributed by atoms with Crippen LogP contribution in [0.2, 0.25) is 0 Å². The summed E-state index contributed by atoms with van der Waals surface area (Å²) in [6, 6.07) is 0. The van der Waals surface area contributed by atoms with Crippen LogP contribution >= 0.6 is 0 Å². The largest absolute Gasteiger partial charge is 0.459 e. The van der Waals surface area contributed by atoms with E-state index in [-0.39, 0.29) is 33.0 Å². The van der Waals surface area contributed by atoms with E-state index in [2.05, 4.69) is 4.74 Å². The predicted octanol–water partition coefficient (Wildman–Crippen LogP) is 2.85. The molecule has 0 atom stereocenters. The van der Waals surface area contributed by atoms with Crippen molar-refractivity contribution < 1.29 is 144 Å². The van der Waals surface area contributed by atoms with Gasteiger partial charge in [0.25, 0.3) is 0 Å². The molecule has 0 radical (unpaired) electrons. The molecule has 0 rings (SSSR count). The lowest BCUT2D eigenvalue weighted by molar-refractivity contribution is -0.361. The molecule has 0 aromatic carbocycles. The first-order valence-corrected chi connectivity index (χ1v) is 27.7. The van der Waals surface area contributed by atoms with Gasteiger partial charge in [-0.25, -0.2) is 0 Å². The lowest BCUT2D eigenvalue weighted by Gasteiger charge is -2.27. The molecular weight excluding hydrogens is 1130 g/mol. The van der Waals surface area contributed by atoms with Gasteiger partial charge in [0.2, 0.25) is 0 Å². The molecule has 31 heteroatoms. The molecule has 0 saturated carbocycles. The number of halogens is 7. The smallest absolute Gasteiger partial charge is 0.382 e. The van der Waals surface area contributed by atoms with Gasteiger partial charge in [0.1, 0.15) is 6.61 Å². The highest BCUT2D eigenvalue weighted by Crippen LogP contribution is 2.46. The van der Waals surface area contributed by atoms with Crippen LogP contribution in [-0.2, 0) is 114 Å². The van der Waals surface area contributed by atoms with E-state index in [1.807, 2.05) is 0 Å². The van der Waals surface area contributed by atoms with Gasteiger partial charge in [0.15, 0.2) is 0 Å². The Balaban J connectivity index is 3.14. The van der Waals surface area contributed by atoms with E-state index in [1.54, 1.807) is 7.11 Å². The summed E-state index contributed by atoms with van der Waals surface area (Å²) >= 11 is 0.